The Hall–Kier alpha value is -1.24. The van der Waals surface area contributed by atoms with Gasteiger partial charge in [0.1, 0.15) is 5.92 Å². The van der Waals surface area contributed by atoms with E-state index < -0.39 is 29.9 Å². The largest absolute Gasteiger partial charge is 0.750 e. The minimum atomic E-state index is -2.69. The summed E-state index contributed by atoms with van der Waals surface area (Å²) in [6, 6.07) is 6.81. The molecule has 0 aliphatic rings. The number of hydrogen-bond donors (Lipinski definition) is 1. The lowest BCUT2D eigenvalue weighted by molar-refractivity contribution is -0.139. The van der Waals surface area contributed by atoms with Gasteiger partial charge in [-0.25, -0.2) is 4.21 Å². The first-order chi connectivity index (χ1) is 7.50. The highest BCUT2D eigenvalue weighted by atomic mass is 32.2. The number of rotatable bonds is 5. The third-order valence-corrected chi connectivity index (χ3v) is 2.44. The maximum absolute atomic E-state index is 10.9. The number of aryl methyl sites for hydroxylation is 1. The number of carboxylic acids is 1. The van der Waals surface area contributed by atoms with Crippen LogP contribution in [0.1, 0.15) is 17.0 Å². The van der Waals surface area contributed by atoms with Gasteiger partial charge < -0.3 is 9.66 Å². The van der Waals surface area contributed by atoms with Crippen molar-refractivity contribution in [2.75, 3.05) is 6.61 Å². The van der Waals surface area contributed by atoms with Crippen LogP contribution in [0.3, 0.4) is 0 Å². The lowest BCUT2D eigenvalue weighted by Gasteiger charge is -2.14. The SMILES string of the molecule is Cc1ccc([C@@H](COS(=O)[O-])C(=O)O)cc1. The van der Waals surface area contributed by atoms with Crippen LogP contribution in [-0.4, -0.2) is 26.4 Å². The summed E-state index contributed by atoms with van der Waals surface area (Å²) in [5.74, 6) is -2.09. The third kappa shape index (κ3) is 3.73. The Morgan fingerprint density at radius 1 is 1.50 bits per heavy atom. The number of hydrogen-bond acceptors (Lipinski definition) is 4. The van der Waals surface area contributed by atoms with E-state index in [0.29, 0.717) is 5.56 Å². The Kier molecular flexibility index (Phi) is 4.60. The first-order valence-corrected chi connectivity index (χ1v) is 5.52. The van der Waals surface area contributed by atoms with E-state index in [4.69, 9.17) is 5.11 Å². The van der Waals surface area contributed by atoms with Crippen LogP contribution in [0.25, 0.3) is 0 Å². The molecule has 0 saturated heterocycles. The van der Waals surface area contributed by atoms with E-state index in [9.17, 15) is 13.6 Å². The highest BCUT2D eigenvalue weighted by Crippen LogP contribution is 2.17. The van der Waals surface area contributed by atoms with Crippen LogP contribution in [0.5, 0.6) is 0 Å². The van der Waals surface area contributed by atoms with Gasteiger partial charge in [-0.15, -0.1) is 0 Å². The van der Waals surface area contributed by atoms with Crippen molar-refractivity contribution < 1.29 is 22.8 Å². The molecule has 6 heteroatoms. The van der Waals surface area contributed by atoms with E-state index in [-0.39, 0.29) is 0 Å². The second kappa shape index (κ2) is 5.74. The van der Waals surface area contributed by atoms with Gasteiger partial charge in [0.2, 0.25) is 0 Å². The molecule has 1 aromatic rings. The number of carboxylic acid groups (broad SMARTS) is 1. The number of carbonyl (C=O) groups is 1. The van der Waals surface area contributed by atoms with E-state index in [2.05, 4.69) is 4.18 Å². The predicted molar refractivity (Wildman–Crippen MR) is 56.4 cm³/mol. The van der Waals surface area contributed by atoms with Gasteiger partial charge in [0.05, 0.1) is 18.0 Å². The monoisotopic (exact) mass is 243 g/mol. The van der Waals surface area contributed by atoms with Crippen LogP contribution in [0.4, 0.5) is 0 Å². The molecule has 0 amide bonds. The molecular weight excluding hydrogens is 232 g/mol. The average Bonchev–Trinajstić information content (AvgIpc) is 2.20. The minimum Gasteiger partial charge on any atom is -0.750 e. The van der Waals surface area contributed by atoms with Crippen molar-refractivity contribution in [3.63, 3.8) is 0 Å². The van der Waals surface area contributed by atoms with Crippen LogP contribution in [0.2, 0.25) is 0 Å². The Bertz CT molecular complexity index is 387. The minimum absolute atomic E-state index is 0.394. The van der Waals surface area contributed by atoms with Gasteiger partial charge in [0.15, 0.2) is 0 Å². The summed E-state index contributed by atoms with van der Waals surface area (Å²) in [7, 11) is 0. The van der Waals surface area contributed by atoms with Gasteiger partial charge in [0, 0.05) is 0 Å². The summed E-state index contributed by atoms with van der Waals surface area (Å²) in [6.07, 6.45) is 0. The van der Waals surface area contributed by atoms with E-state index in [0.717, 1.165) is 5.56 Å². The zero-order chi connectivity index (χ0) is 12.1. The quantitative estimate of drug-likeness (QED) is 0.779. The summed E-state index contributed by atoms with van der Waals surface area (Å²) in [6.45, 7) is 1.48. The first-order valence-electron chi connectivity index (χ1n) is 4.52. The molecule has 0 saturated carbocycles. The molecule has 0 spiro atoms. The molecule has 0 bridgehead atoms. The van der Waals surface area contributed by atoms with Crippen LogP contribution < -0.4 is 0 Å². The second-order valence-corrected chi connectivity index (χ2v) is 3.93. The van der Waals surface area contributed by atoms with Gasteiger partial charge in [-0.3, -0.25) is 8.98 Å². The zero-order valence-electron chi connectivity index (χ0n) is 8.58. The number of aliphatic carboxylic acids is 1. The summed E-state index contributed by atoms with van der Waals surface area (Å²) < 4.78 is 24.7. The third-order valence-electron chi connectivity index (χ3n) is 2.11. The second-order valence-electron chi connectivity index (χ2n) is 3.29. The van der Waals surface area contributed by atoms with Crippen molar-refractivity contribution in [1.29, 1.82) is 0 Å². The molecule has 1 unspecified atom stereocenters. The first kappa shape index (κ1) is 12.8. The molecule has 5 nitrogen and oxygen atoms in total. The lowest BCUT2D eigenvalue weighted by Crippen LogP contribution is -2.18. The van der Waals surface area contributed by atoms with Crippen LogP contribution in [0, 0.1) is 6.92 Å². The highest BCUT2D eigenvalue weighted by Gasteiger charge is 2.20. The molecule has 0 heterocycles. The molecule has 0 aromatic heterocycles. The Balaban J connectivity index is 2.81. The summed E-state index contributed by atoms with van der Waals surface area (Å²) in [5, 5.41) is 8.93. The fraction of sp³-hybridized carbons (Fsp3) is 0.300. The van der Waals surface area contributed by atoms with Crippen molar-refractivity contribution in [2.45, 2.75) is 12.8 Å². The molecule has 2 atom stereocenters. The molecule has 1 rings (SSSR count). The Morgan fingerprint density at radius 3 is 2.50 bits per heavy atom. The molecule has 0 fully saturated rings. The molecule has 0 aliphatic heterocycles. The van der Waals surface area contributed by atoms with E-state index >= 15 is 0 Å². The summed E-state index contributed by atoms with van der Waals surface area (Å²) in [5.41, 5.74) is 1.52. The fourth-order valence-corrected chi connectivity index (χ4v) is 1.48. The highest BCUT2D eigenvalue weighted by molar-refractivity contribution is 7.74. The van der Waals surface area contributed by atoms with E-state index in [1.807, 2.05) is 6.92 Å². The van der Waals surface area contributed by atoms with Crippen LogP contribution >= 0.6 is 0 Å². The van der Waals surface area contributed by atoms with Crippen molar-refractivity contribution in [3.8, 4) is 0 Å². The molecule has 1 aromatic carbocycles. The molecular formula is C10H11O5S-. The van der Waals surface area contributed by atoms with Crippen molar-refractivity contribution >= 4 is 17.3 Å². The topological polar surface area (TPSA) is 86.7 Å². The smallest absolute Gasteiger partial charge is 0.313 e. The maximum atomic E-state index is 10.9. The van der Waals surface area contributed by atoms with E-state index in [1.54, 1.807) is 24.3 Å². The van der Waals surface area contributed by atoms with Gasteiger partial charge in [-0.05, 0) is 12.5 Å². The maximum Gasteiger partial charge on any atom is 0.313 e. The van der Waals surface area contributed by atoms with E-state index in [1.165, 1.54) is 0 Å². The summed E-state index contributed by atoms with van der Waals surface area (Å²) in [4.78, 5) is 10.9. The van der Waals surface area contributed by atoms with Crippen LogP contribution in [0.15, 0.2) is 24.3 Å². The Morgan fingerprint density at radius 2 is 2.06 bits per heavy atom. The van der Waals surface area contributed by atoms with Crippen LogP contribution in [-0.2, 0) is 20.3 Å². The molecule has 1 N–H and O–H groups in total. The normalized spacial score (nSPS) is 14.4. The van der Waals surface area contributed by atoms with Crippen molar-refractivity contribution in [1.82, 2.24) is 0 Å². The zero-order valence-corrected chi connectivity index (χ0v) is 9.40. The Labute approximate surface area is 95.5 Å². The lowest BCUT2D eigenvalue weighted by atomic mass is 9.99. The standard InChI is InChI=1S/C10H12O5S/c1-7-2-4-8(5-3-7)9(10(11)12)6-15-16(13)14/h2-5,9H,6H2,1H3,(H,11,12)(H,13,14)/p-1/t9-/m1/s1. The molecule has 0 radical (unpaired) electrons. The van der Waals surface area contributed by atoms with Gasteiger partial charge in [0.25, 0.3) is 0 Å². The van der Waals surface area contributed by atoms with Gasteiger partial charge in [-0.1, -0.05) is 29.8 Å². The van der Waals surface area contributed by atoms with Crippen molar-refractivity contribution in [3.05, 3.63) is 35.4 Å². The van der Waals surface area contributed by atoms with Crippen molar-refractivity contribution in [2.24, 2.45) is 0 Å². The summed E-state index contributed by atoms with van der Waals surface area (Å²) >= 11 is -2.69. The van der Waals surface area contributed by atoms with Gasteiger partial charge in [-0.2, -0.15) is 0 Å². The average molecular weight is 243 g/mol. The fourth-order valence-electron chi connectivity index (χ4n) is 1.23. The van der Waals surface area contributed by atoms with Gasteiger partial charge >= 0.3 is 5.97 Å². The molecule has 16 heavy (non-hydrogen) atoms. The molecule has 0 aliphatic carbocycles. The molecule has 88 valence electrons. The predicted octanol–water partition coefficient (Wildman–Crippen LogP) is 0.974. The number of benzene rings is 1.